The second-order valence-electron chi connectivity index (χ2n) is 6.41. The van der Waals surface area contributed by atoms with Crippen molar-refractivity contribution in [2.45, 2.75) is 24.6 Å². The third-order valence-electron chi connectivity index (χ3n) is 4.71. The molecule has 2 aliphatic heterocycles. The predicted octanol–water partition coefficient (Wildman–Crippen LogP) is 1.64. The van der Waals surface area contributed by atoms with Crippen LogP contribution in [0.15, 0.2) is 48.5 Å². The van der Waals surface area contributed by atoms with E-state index in [0.717, 1.165) is 22.3 Å². The van der Waals surface area contributed by atoms with Gasteiger partial charge in [0.15, 0.2) is 0 Å². The van der Waals surface area contributed by atoms with E-state index in [1.54, 1.807) is 12.1 Å². The van der Waals surface area contributed by atoms with Gasteiger partial charge in [0.25, 0.3) is 0 Å². The van der Waals surface area contributed by atoms with E-state index >= 15 is 0 Å². The maximum atomic E-state index is 12.6. The van der Waals surface area contributed by atoms with E-state index in [-0.39, 0.29) is 31.3 Å². The number of hydrogen-bond acceptors (Lipinski definition) is 4. The zero-order valence-corrected chi connectivity index (χ0v) is 15.1. The van der Waals surface area contributed by atoms with Crippen LogP contribution in [-0.4, -0.2) is 32.1 Å². The Kier molecular flexibility index (Phi) is 3.95. The minimum atomic E-state index is -3.54. The average Bonchev–Trinajstić information content (AvgIpc) is 2.55. The van der Waals surface area contributed by atoms with E-state index in [9.17, 15) is 16.8 Å². The first kappa shape index (κ1) is 16.7. The van der Waals surface area contributed by atoms with Crippen LogP contribution in [0.4, 0.5) is 0 Å². The highest BCUT2D eigenvalue weighted by Gasteiger charge is 2.36. The lowest BCUT2D eigenvalue weighted by Gasteiger charge is -2.35. The van der Waals surface area contributed by atoms with Gasteiger partial charge < -0.3 is 0 Å². The first-order chi connectivity index (χ1) is 11.9. The fourth-order valence-electron chi connectivity index (χ4n) is 3.31. The van der Waals surface area contributed by atoms with Crippen molar-refractivity contribution in [3.8, 4) is 0 Å². The summed E-state index contributed by atoms with van der Waals surface area (Å²) in [5.74, 6) is -0.179. The van der Waals surface area contributed by atoms with E-state index in [1.165, 1.54) is 8.61 Å². The minimum absolute atomic E-state index is 0.0896. The van der Waals surface area contributed by atoms with Crippen molar-refractivity contribution in [1.29, 1.82) is 0 Å². The van der Waals surface area contributed by atoms with Gasteiger partial charge in [-0.2, -0.15) is 8.61 Å². The molecule has 0 saturated heterocycles. The number of rotatable bonds is 2. The smallest absolute Gasteiger partial charge is 0.212 e. The molecule has 0 atom stereocenters. The van der Waals surface area contributed by atoms with E-state index in [1.807, 2.05) is 36.4 Å². The Morgan fingerprint density at radius 2 is 1.00 bits per heavy atom. The zero-order valence-electron chi connectivity index (χ0n) is 13.5. The first-order valence-corrected chi connectivity index (χ1v) is 11.2. The lowest BCUT2D eigenvalue weighted by molar-refractivity contribution is 0.268. The normalized spacial score (nSPS) is 22.1. The second-order valence-corrected chi connectivity index (χ2v) is 10.3. The van der Waals surface area contributed by atoms with Gasteiger partial charge in [-0.1, -0.05) is 48.5 Å². The molecule has 0 N–H and O–H groups in total. The summed E-state index contributed by atoms with van der Waals surface area (Å²) in [7, 11) is -7.07. The maximum absolute atomic E-state index is 12.6. The Balaban J connectivity index is 1.64. The van der Waals surface area contributed by atoms with E-state index in [0.29, 0.717) is 0 Å². The summed E-state index contributed by atoms with van der Waals surface area (Å²) in [6, 6.07) is 14.7. The summed E-state index contributed by atoms with van der Waals surface area (Å²) in [5, 5.41) is 0. The molecule has 0 spiro atoms. The van der Waals surface area contributed by atoms with Crippen molar-refractivity contribution < 1.29 is 16.8 Å². The van der Waals surface area contributed by atoms with Crippen LogP contribution in [0.5, 0.6) is 0 Å². The van der Waals surface area contributed by atoms with Crippen molar-refractivity contribution in [2.75, 3.05) is 6.67 Å². The summed E-state index contributed by atoms with van der Waals surface area (Å²) >= 11 is 0. The number of sulfonamides is 2. The second kappa shape index (κ2) is 5.91. The van der Waals surface area contributed by atoms with Gasteiger partial charge in [0.05, 0.1) is 18.2 Å². The van der Waals surface area contributed by atoms with E-state index < -0.39 is 20.0 Å². The molecule has 0 bridgehead atoms. The molecule has 2 aromatic rings. The lowest BCUT2D eigenvalue weighted by atomic mass is 10.1. The van der Waals surface area contributed by atoms with E-state index in [2.05, 4.69) is 0 Å². The topological polar surface area (TPSA) is 74.8 Å². The highest BCUT2D eigenvalue weighted by molar-refractivity contribution is 7.89. The number of fused-ring (bicyclic) bond motifs is 2. The van der Waals surface area contributed by atoms with Gasteiger partial charge in [-0.25, -0.2) is 16.8 Å². The average molecular weight is 378 g/mol. The van der Waals surface area contributed by atoms with Crippen molar-refractivity contribution in [1.82, 2.24) is 8.61 Å². The highest BCUT2D eigenvalue weighted by Crippen LogP contribution is 2.28. The summed E-state index contributed by atoms with van der Waals surface area (Å²) < 4.78 is 52.8. The molecule has 132 valence electrons. The monoisotopic (exact) mass is 378 g/mol. The largest absolute Gasteiger partial charge is 0.219 e. The summed E-state index contributed by atoms with van der Waals surface area (Å²) in [4.78, 5) is 0. The standard InChI is InChI=1S/C17H18N2O4S2/c20-24(21)11-16-7-3-1-5-14(16)9-18(24)13-19-10-15-6-2-4-8-17(15)12-25(19,22)23/h1-8H,9-13H2. The number of hydrogen-bond donors (Lipinski definition) is 0. The molecule has 0 aliphatic carbocycles. The molecule has 2 aliphatic rings. The Bertz CT molecular complexity index is 949. The van der Waals surface area contributed by atoms with Gasteiger partial charge in [-0.05, 0) is 22.3 Å². The van der Waals surface area contributed by atoms with Gasteiger partial charge in [-0.3, -0.25) is 0 Å². The van der Waals surface area contributed by atoms with Crippen LogP contribution in [0.3, 0.4) is 0 Å². The van der Waals surface area contributed by atoms with Gasteiger partial charge in [0, 0.05) is 13.1 Å². The van der Waals surface area contributed by atoms with Crippen LogP contribution in [0.1, 0.15) is 22.3 Å². The lowest BCUT2D eigenvalue weighted by Crippen LogP contribution is -2.47. The molecule has 25 heavy (non-hydrogen) atoms. The van der Waals surface area contributed by atoms with Gasteiger partial charge in [0.2, 0.25) is 20.0 Å². The molecule has 0 amide bonds. The van der Waals surface area contributed by atoms with Crippen LogP contribution in [0, 0.1) is 0 Å². The molecule has 2 aromatic carbocycles. The summed E-state index contributed by atoms with van der Waals surface area (Å²) in [6.45, 7) is 0.256. The summed E-state index contributed by atoms with van der Waals surface area (Å²) in [6.07, 6.45) is 0. The Hall–Kier alpha value is -1.74. The van der Waals surface area contributed by atoms with Crippen LogP contribution in [-0.2, 0) is 44.6 Å². The molecule has 8 heteroatoms. The maximum Gasteiger partial charge on any atom is 0.219 e. The molecule has 0 saturated carbocycles. The molecule has 2 heterocycles. The Morgan fingerprint density at radius 1 is 0.640 bits per heavy atom. The van der Waals surface area contributed by atoms with Gasteiger partial charge >= 0.3 is 0 Å². The Labute approximate surface area is 147 Å². The summed E-state index contributed by atoms with van der Waals surface area (Å²) in [5.41, 5.74) is 3.41. The van der Waals surface area contributed by atoms with Crippen LogP contribution in [0.2, 0.25) is 0 Å². The number of nitrogens with zero attached hydrogens (tertiary/aromatic N) is 2. The molecule has 0 fully saturated rings. The Morgan fingerprint density at radius 3 is 1.40 bits per heavy atom. The molecule has 0 radical (unpaired) electrons. The van der Waals surface area contributed by atoms with Crippen molar-refractivity contribution >= 4 is 20.0 Å². The van der Waals surface area contributed by atoms with Gasteiger partial charge in [0.1, 0.15) is 0 Å². The van der Waals surface area contributed by atoms with Crippen molar-refractivity contribution in [3.05, 3.63) is 70.8 Å². The van der Waals surface area contributed by atoms with Gasteiger partial charge in [-0.15, -0.1) is 0 Å². The SMILES string of the molecule is O=S1(=O)Cc2ccccc2CN1CN1Cc2ccccc2CS1(=O)=O. The molecule has 6 nitrogen and oxygen atoms in total. The first-order valence-electron chi connectivity index (χ1n) is 7.94. The quantitative estimate of drug-likeness (QED) is 0.796. The van der Waals surface area contributed by atoms with Crippen molar-refractivity contribution in [3.63, 3.8) is 0 Å². The molecule has 0 unspecified atom stereocenters. The molecular weight excluding hydrogens is 360 g/mol. The molecule has 4 rings (SSSR count). The van der Waals surface area contributed by atoms with E-state index in [4.69, 9.17) is 0 Å². The molecular formula is C17H18N2O4S2. The predicted molar refractivity (Wildman–Crippen MR) is 94.1 cm³/mol. The van der Waals surface area contributed by atoms with Crippen molar-refractivity contribution in [2.24, 2.45) is 0 Å². The fourth-order valence-corrected chi connectivity index (χ4v) is 6.40. The molecule has 0 aromatic heterocycles. The zero-order chi connectivity index (χ0) is 17.7. The third kappa shape index (κ3) is 3.10. The van der Waals surface area contributed by atoms with Crippen LogP contribution >= 0.6 is 0 Å². The third-order valence-corrected chi connectivity index (χ3v) is 8.12. The highest BCUT2D eigenvalue weighted by atomic mass is 32.2. The minimum Gasteiger partial charge on any atom is -0.212 e. The van der Waals surface area contributed by atoms with Crippen LogP contribution in [0.25, 0.3) is 0 Å². The number of benzene rings is 2. The van der Waals surface area contributed by atoms with Crippen LogP contribution < -0.4 is 0 Å². The fraction of sp³-hybridized carbons (Fsp3) is 0.294.